The molecule has 126 valence electrons. The normalized spacial score (nSPS) is 23.7. The molecule has 2 aliphatic heterocycles. The molecule has 6 heteroatoms. The van der Waals surface area contributed by atoms with Gasteiger partial charge in [-0.3, -0.25) is 4.90 Å². The van der Waals surface area contributed by atoms with E-state index < -0.39 is 0 Å². The molecular weight excluding hydrogens is 307 g/mol. The zero-order chi connectivity index (χ0) is 16.7. The van der Waals surface area contributed by atoms with E-state index in [0.717, 1.165) is 37.3 Å². The van der Waals surface area contributed by atoms with Crippen molar-refractivity contribution in [2.75, 3.05) is 26.2 Å². The van der Waals surface area contributed by atoms with Crippen molar-refractivity contribution >= 4 is 6.03 Å². The molecule has 0 N–H and O–H groups in total. The van der Waals surface area contributed by atoms with E-state index in [1.165, 1.54) is 10.7 Å². The molecule has 3 heterocycles. The molecule has 0 aliphatic carbocycles. The highest BCUT2D eigenvalue weighted by Gasteiger charge is 2.41. The summed E-state index contributed by atoms with van der Waals surface area (Å²) in [5.74, 6) is 0.801. The van der Waals surface area contributed by atoms with Crippen LogP contribution in [0, 0.1) is 24.6 Å². The van der Waals surface area contributed by atoms with Crippen LogP contribution in [0.15, 0.2) is 36.7 Å². The van der Waals surface area contributed by atoms with Crippen molar-refractivity contribution in [2.45, 2.75) is 13.5 Å². The highest BCUT2D eigenvalue weighted by molar-refractivity contribution is 5.76. The summed E-state index contributed by atoms with van der Waals surface area (Å²) in [6.07, 6.45) is 3.46. The fourth-order valence-corrected chi connectivity index (χ4v) is 3.91. The molecule has 2 saturated heterocycles. The van der Waals surface area contributed by atoms with Crippen LogP contribution in [0.2, 0.25) is 0 Å². The highest BCUT2D eigenvalue weighted by Crippen LogP contribution is 2.32. The van der Waals surface area contributed by atoms with E-state index in [0.29, 0.717) is 18.4 Å². The number of amides is 1. The van der Waals surface area contributed by atoms with Gasteiger partial charge in [0.15, 0.2) is 0 Å². The van der Waals surface area contributed by atoms with Gasteiger partial charge in [-0.1, -0.05) is 18.2 Å². The fraction of sp³-hybridized carbons (Fsp3) is 0.444. The van der Waals surface area contributed by atoms with Crippen molar-refractivity contribution in [3.05, 3.63) is 53.6 Å². The van der Waals surface area contributed by atoms with E-state index in [9.17, 15) is 9.18 Å². The Morgan fingerprint density at radius 2 is 1.92 bits per heavy atom. The van der Waals surface area contributed by atoms with Gasteiger partial charge in [0.25, 0.3) is 0 Å². The second-order valence-electron chi connectivity index (χ2n) is 6.96. The number of hydrogen-bond donors (Lipinski definition) is 0. The lowest BCUT2D eigenvalue weighted by Gasteiger charge is -2.21. The van der Waals surface area contributed by atoms with Crippen molar-refractivity contribution in [3.8, 4) is 0 Å². The van der Waals surface area contributed by atoms with Crippen LogP contribution < -0.4 is 0 Å². The Morgan fingerprint density at radius 1 is 1.21 bits per heavy atom. The second kappa shape index (κ2) is 6.02. The van der Waals surface area contributed by atoms with Crippen LogP contribution in [0.1, 0.15) is 11.1 Å². The van der Waals surface area contributed by atoms with Gasteiger partial charge >= 0.3 is 6.03 Å². The summed E-state index contributed by atoms with van der Waals surface area (Å²) in [5, 5.41) is 4.11. The first kappa shape index (κ1) is 15.3. The van der Waals surface area contributed by atoms with Crippen LogP contribution in [-0.2, 0) is 6.54 Å². The minimum atomic E-state index is -0.139. The smallest absolute Gasteiger partial charge is 0.322 e. The van der Waals surface area contributed by atoms with Crippen molar-refractivity contribution in [2.24, 2.45) is 11.8 Å². The fourth-order valence-electron chi connectivity index (χ4n) is 3.91. The van der Waals surface area contributed by atoms with E-state index in [4.69, 9.17) is 0 Å². The number of carbonyl (C=O) groups excluding carboxylic acids is 1. The molecule has 1 aromatic carbocycles. The summed E-state index contributed by atoms with van der Waals surface area (Å²) in [4.78, 5) is 16.7. The van der Waals surface area contributed by atoms with E-state index >= 15 is 0 Å². The molecule has 24 heavy (non-hydrogen) atoms. The standard InChI is InChI=1S/C18H21FN4O/c1-13-6-20-23(7-13)18(24)22-11-15-9-21(10-16(15)12-22)8-14-4-2-3-5-17(14)19/h2-7,15-16H,8-12H2,1H3. The molecule has 0 saturated carbocycles. The Balaban J connectivity index is 1.37. The SMILES string of the molecule is Cc1cnn(C(=O)N2CC3CN(Cc4ccccc4F)CC3C2)c1. The van der Waals surface area contributed by atoms with Crippen molar-refractivity contribution in [1.29, 1.82) is 0 Å². The van der Waals surface area contributed by atoms with Gasteiger partial charge in [0.05, 0.1) is 6.20 Å². The third-order valence-corrected chi connectivity index (χ3v) is 5.09. The maximum Gasteiger partial charge on any atom is 0.344 e. The first-order chi connectivity index (χ1) is 11.6. The lowest BCUT2D eigenvalue weighted by atomic mass is 10.0. The summed E-state index contributed by atoms with van der Waals surface area (Å²) in [5.41, 5.74) is 1.73. The lowest BCUT2D eigenvalue weighted by Crippen LogP contribution is -2.36. The number of likely N-dealkylation sites (tertiary alicyclic amines) is 2. The number of hydrogen-bond acceptors (Lipinski definition) is 3. The Kier molecular flexibility index (Phi) is 3.84. The monoisotopic (exact) mass is 328 g/mol. The topological polar surface area (TPSA) is 41.4 Å². The van der Waals surface area contributed by atoms with Gasteiger partial charge in [-0.15, -0.1) is 0 Å². The van der Waals surface area contributed by atoms with E-state index in [2.05, 4.69) is 10.00 Å². The maximum absolute atomic E-state index is 13.8. The number of carbonyl (C=O) groups is 1. The number of rotatable bonds is 2. The number of aryl methyl sites for hydroxylation is 1. The van der Waals surface area contributed by atoms with Crippen LogP contribution in [0.5, 0.6) is 0 Å². The van der Waals surface area contributed by atoms with Crippen molar-refractivity contribution in [1.82, 2.24) is 19.6 Å². The number of halogens is 1. The molecule has 0 radical (unpaired) electrons. The van der Waals surface area contributed by atoms with Gasteiger partial charge in [-0.05, 0) is 30.4 Å². The first-order valence-electron chi connectivity index (χ1n) is 8.36. The third kappa shape index (κ3) is 2.82. The molecule has 1 amide bonds. The molecule has 2 aliphatic rings. The summed E-state index contributed by atoms with van der Waals surface area (Å²) >= 11 is 0. The minimum absolute atomic E-state index is 0.0434. The molecule has 4 rings (SSSR count). The van der Waals surface area contributed by atoms with Gasteiger partial charge in [-0.25, -0.2) is 9.18 Å². The first-order valence-corrected chi connectivity index (χ1v) is 8.36. The molecule has 2 unspecified atom stereocenters. The van der Waals surface area contributed by atoms with Gasteiger partial charge in [0, 0.05) is 44.5 Å². The predicted octanol–water partition coefficient (Wildman–Crippen LogP) is 2.36. The quantitative estimate of drug-likeness (QED) is 0.850. The average molecular weight is 328 g/mol. The molecular formula is C18H21FN4O. The summed E-state index contributed by atoms with van der Waals surface area (Å²) in [6, 6.07) is 6.91. The van der Waals surface area contributed by atoms with Crippen molar-refractivity contribution in [3.63, 3.8) is 0 Å². The third-order valence-electron chi connectivity index (χ3n) is 5.09. The summed E-state index contributed by atoms with van der Waals surface area (Å²) < 4.78 is 15.2. The number of fused-ring (bicyclic) bond motifs is 1. The number of aromatic nitrogens is 2. The molecule has 0 bridgehead atoms. The molecule has 2 fully saturated rings. The van der Waals surface area contributed by atoms with Crippen LogP contribution in [0.3, 0.4) is 0 Å². The zero-order valence-electron chi connectivity index (χ0n) is 13.7. The van der Waals surface area contributed by atoms with Crippen molar-refractivity contribution < 1.29 is 9.18 Å². The summed E-state index contributed by atoms with van der Waals surface area (Å²) in [7, 11) is 0. The zero-order valence-corrected chi connectivity index (χ0v) is 13.7. The Morgan fingerprint density at radius 3 is 2.54 bits per heavy atom. The largest absolute Gasteiger partial charge is 0.344 e. The Hall–Kier alpha value is -2.21. The molecule has 0 spiro atoms. The second-order valence-corrected chi connectivity index (χ2v) is 6.96. The van der Waals surface area contributed by atoms with Crippen LogP contribution in [-0.4, -0.2) is 51.8 Å². The van der Waals surface area contributed by atoms with E-state index in [-0.39, 0.29) is 11.8 Å². The number of benzene rings is 1. The summed E-state index contributed by atoms with van der Waals surface area (Å²) in [6.45, 7) is 5.93. The molecule has 2 atom stereocenters. The maximum atomic E-state index is 13.8. The van der Waals surface area contributed by atoms with Gasteiger partial charge in [0.2, 0.25) is 0 Å². The average Bonchev–Trinajstić information content (AvgIpc) is 3.23. The van der Waals surface area contributed by atoms with Crippen LogP contribution >= 0.6 is 0 Å². The van der Waals surface area contributed by atoms with E-state index in [1.54, 1.807) is 18.5 Å². The predicted molar refractivity (Wildman–Crippen MR) is 88.0 cm³/mol. The van der Waals surface area contributed by atoms with E-state index in [1.807, 2.05) is 24.0 Å². The Labute approximate surface area is 140 Å². The Bertz CT molecular complexity index is 745. The van der Waals surface area contributed by atoms with Gasteiger partial charge in [-0.2, -0.15) is 9.78 Å². The van der Waals surface area contributed by atoms with Crippen LogP contribution in [0.25, 0.3) is 0 Å². The highest BCUT2D eigenvalue weighted by atomic mass is 19.1. The van der Waals surface area contributed by atoms with Crippen LogP contribution in [0.4, 0.5) is 9.18 Å². The van der Waals surface area contributed by atoms with Gasteiger partial charge < -0.3 is 4.90 Å². The lowest BCUT2D eigenvalue weighted by molar-refractivity contribution is 0.197. The minimum Gasteiger partial charge on any atom is -0.322 e. The van der Waals surface area contributed by atoms with Gasteiger partial charge in [0.1, 0.15) is 5.82 Å². The number of nitrogens with zero attached hydrogens (tertiary/aromatic N) is 4. The molecule has 5 nitrogen and oxygen atoms in total. The molecule has 2 aromatic rings. The molecule has 1 aromatic heterocycles.